The lowest BCUT2D eigenvalue weighted by Gasteiger charge is -2.35. The molecule has 2 rings (SSSR count). The maximum absolute atomic E-state index is 12.9. The van der Waals surface area contributed by atoms with Gasteiger partial charge in [0.1, 0.15) is 5.82 Å². The van der Waals surface area contributed by atoms with Crippen molar-refractivity contribution in [3.8, 4) is 0 Å². The van der Waals surface area contributed by atoms with Crippen LogP contribution in [0.2, 0.25) is 0 Å². The largest absolute Gasteiger partial charge is 0.336 e. The zero-order valence-corrected chi connectivity index (χ0v) is 10.3. The van der Waals surface area contributed by atoms with E-state index in [0.717, 1.165) is 24.9 Å². The number of nitrogens with zero attached hydrogens (tertiary/aromatic N) is 1. The molecule has 1 fully saturated rings. The number of hydrogen-bond acceptors (Lipinski definition) is 1. The Hall–Kier alpha value is -1.38. The number of halogens is 1. The number of rotatable bonds is 2. The van der Waals surface area contributed by atoms with Gasteiger partial charge in [0.05, 0.1) is 6.04 Å². The van der Waals surface area contributed by atoms with E-state index in [1.54, 1.807) is 12.1 Å². The van der Waals surface area contributed by atoms with Gasteiger partial charge < -0.3 is 4.90 Å². The Morgan fingerprint density at radius 2 is 2.00 bits per heavy atom. The van der Waals surface area contributed by atoms with E-state index in [1.807, 2.05) is 18.7 Å². The lowest BCUT2D eigenvalue weighted by atomic mass is 9.96. The van der Waals surface area contributed by atoms with Crippen molar-refractivity contribution < 1.29 is 9.18 Å². The van der Waals surface area contributed by atoms with E-state index < -0.39 is 0 Å². The molecule has 1 amide bonds. The first-order chi connectivity index (χ1) is 8.09. The second kappa shape index (κ2) is 4.86. The predicted octanol–water partition coefficient (Wildman–Crippen LogP) is 3.15. The van der Waals surface area contributed by atoms with Crippen LogP contribution in [-0.2, 0) is 4.79 Å². The van der Waals surface area contributed by atoms with Gasteiger partial charge >= 0.3 is 0 Å². The van der Waals surface area contributed by atoms with Crippen molar-refractivity contribution in [2.45, 2.75) is 32.7 Å². The summed E-state index contributed by atoms with van der Waals surface area (Å²) in [4.78, 5) is 14.0. The van der Waals surface area contributed by atoms with Crippen LogP contribution in [-0.4, -0.2) is 17.4 Å². The Kier molecular flexibility index (Phi) is 3.46. The molecule has 0 saturated carbocycles. The molecule has 1 aromatic carbocycles. The predicted molar refractivity (Wildman–Crippen MR) is 64.9 cm³/mol. The van der Waals surface area contributed by atoms with Gasteiger partial charge in [-0.25, -0.2) is 4.39 Å². The third-order valence-electron chi connectivity index (χ3n) is 3.56. The molecule has 2 nitrogen and oxygen atoms in total. The molecular formula is C14H18FNO. The summed E-state index contributed by atoms with van der Waals surface area (Å²) in [7, 11) is 0. The second-order valence-corrected chi connectivity index (χ2v) is 4.80. The highest BCUT2D eigenvalue weighted by Crippen LogP contribution is 2.27. The van der Waals surface area contributed by atoms with Gasteiger partial charge in [-0.2, -0.15) is 0 Å². The first-order valence-electron chi connectivity index (χ1n) is 6.15. The lowest BCUT2D eigenvalue weighted by molar-refractivity contribution is -0.140. The molecule has 0 aromatic heterocycles. The van der Waals surface area contributed by atoms with Crippen molar-refractivity contribution in [3.05, 3.63) is 35.6 Å². The SMILES string of the molecule is CC1CCCN(C(C)c2ccc(F)cc2)C1=O. The molecule has 0 bridgehead atoms. The molecule has 2 atom stereocenters. The maximum atomic E-state index is 12.9. The molecule has 1 heterocycles. The average Bonchev–Trinajstić information content (AvgIpc) is 2.33. The van der Waals surface area contributed by atoms with Gasteiger partial charge in [-0.15, -0.1) is 0 Å². The summed E-state index contributed by atoms with van der Waals surface area (Å²) in [5.41, 5.74) is 0.994. The summed E-state index contributed by atoms with van der Waals surface area (Å²) in [6, 6.07) is 6.44. The number of hydrogen-bond donors (Lipinski definition) is 0. The minimum absolute atomic E-state index is 0.0332. The Bertz CT molecular complexity index is 401. The highest BCUT2D eigenvalue weighted by atomic mass is 19.1. The van der Waals surface area contributed by atoms with Gasteiger partial charge in [0.25, 0.3) is 0 Å². The van der Waals surface area contributed by atoms with Crippen LogP contribution in [0.15, 0.2) is 24.3 Å². The Morgan fingerprint density at radius 3 is 2.65 bits per heavy atom. The van der Waals surface area contributed by atoms with Crippen LogP contribution in [0.5, 0.6) is 0 Å². The smallest absolute Gasteiger partial charge is 0.225 e. The number of benzene rings is 1. The molecule has 1 saturated heterocycles. The lowest BCUT2D eigenvalue weighted by Crippen LogP contribution is -2.41. The van der Waals surface area contributed by atoms with Crippen LogP contribution >= 0.6 is 0 Å². The number of piperidine rings is 1. The summed E-state index contributed by atoms with van der Waals surface area (Å²) in [6.45, 7) is 4.79. The van der Waals surface area contributed by atoms with Crippen LogP contribution in [0.1, 0.15) is 38.3 Å². The van der Waals surface area contributed by atoms with Crippen LogP contribution in [0.3, 0.4) is 0 Å². The fourth-order valence-corrected chi connectivity index (χ4v) is 2.39. The fourth-order valence-electron chi connectivity index (χ4n) is 2.39. The first-order valence-corrected chi connectivity index (χ1v) is 6.15. The van der Waals surface area contributed by atoms with Crippen LogP contribution in [0.4, 0.5) is 4.39 Å². The fraction of sp³-hybridized carbons (Fsp3) is 0.500. The zero-order chi connectivity index (χ0) is 12.4. The molecule has 1 aromatic rings. The molecule has 0 N–H and O–H groups in total. The molecule has 1 aliphatic rings. The molecule has 3 heteroatoms. The third kappa shape index (κ3) is 2.48. The van der Waals surface area contributed by atoms with Gasteiger partial charge in [-0.3, -0.25) is 4.79 Å². The van der Waals surface area contributed by atoms with Crippen LogP contribution in [0.25, 0.3) is 0 Å². The number of carbonyl (C=O) groups excluding carboxylic acids is 1. The summed E-state index contributed by atoms with van der Waals surface area (Å²) < 4.78 is 12.9. The number of amides is 1. The van der Waals surface area contributed by atoms with Crippen molar-refractivity contribution in [1.29, 1.82) is 0 Å². The zero-order valence-electron chi connectivity index (χ0n) is 10.3. The maximum Gasteiger partial charge on any atom is 0.225 e. The van der Waals surface area contributed by atoms with Gasteiger partial charge in [-0.1, -0.05) is 19.1 Å². The summed E-state index contributed by atoms with van der Waals surface area (Å²) in [5, 5.41) is 0. The van der Waals surface area contributed by atoms with E-state index in [2.05, 4.69) is 0 Å². The Balaban J connectivity index is 2.16. The van der Waals surface area contributed by atoms with Crippen molar-refractivity contribution in [1.82, 2.24) is 4.90 Å². The summed E-state index contributed by atoms with van der Waals surface area (Å²) in [5.74, 6) is 0.0963. The van der Waals surface area contributed by atoms with E-state index in [9.17, 15) is 9.18 Å². The van der Waals surface area contributed by atoms with Gasteiger partial charge in [0.15, 0.2) is 0 Å². The minimum atomic E-state index is -0.237. The van der Waals surface area contributed by atoms with Crippen molar-refractivity contribution in [2.24, 2.45) is 5.92 Å². The van der Waals surface area contributed by atoms with Gasteiger partial charge in [-0.05, 0) is 37.5 Å². The van der Waals surface area contributed by atoms with Crippen molar-refractivity contribution in [3.63, 3.8) is 0 Å². The molecule has 0 radical (unpaired) electrons. The summed E-state index contributed by atoms with van der Waals surface area (Å²) >= 11 is 0. The Labute approximate surface area is 101 Å². The highest BCUT2D eigenvalue weighted by Gasteiger charge is 2.29. The molecule has 0 aliphatic carbocycles. The quantitative estimate of drug-likeness (QED) is 0.771. The molecular weight excluding hydrogens is 217 g/mol. The monoisotopic (exact) mass is 235 g/mol. The third-order valence-corrected chi connectivity index (χ3v) is 3.56. The average molecular weight is 235 g/mol. The van der Waals surface area contributed by atoms with Crippen LogP contribution in [0, 0.1) is 11.7 Å². The number of likely N-dealkylation sites (tertiary alicyclic amines) is 1. The van der Waals surface area contributed by atoms with Gasteiger partial charge in [0, 0.05) is 12.5 Å². The molecule has 1 aliphatic heterocycles. The Morgan fingerprint density at radius 1 is 1.35 bits per heavy atom. The van der Waals surface area contributed by atoms with Crippen molar-refractivity contribution in [2.75, 3.05) is 6.54 Å². The van der Waals surface area contributed by atoms with Crippen molar-refractivity contribution >= 4 is 5.91 Å². The number of carbonyl (C=O) groups is 1. The van der Waals surface area contributed by atoms with E-state index in [1.165, 1.54) is 12.1 Å². The van der Waals surface area contributed by atoms with Gasteiger partial charge in [0.2, 0.25) is 5.91 Å². The molecule has 0 spiro atoms. The first kappa shape index (κ1) is 12.1. The second-order valence-electron chi connectivity index (χ2n) is 4.80. The molecule has 92 valence electrons. The van der Waals surface area contributed by atoms with E-state index in [-0.39, 0.29) is 23.7 Å². The highest BCUT2D eigenvalue weighted by molar-refractivity contribution is 5.79. The topological polar surface area (TPSA) is 20.3 Å². The normalized spacial score (nSPS) is 22.6. The summed E-state index contributed by atoms with van der Waals surface area (Å²) in [6.07, 6.45) is 2.03. The molecule has 17 heavy (non-hydrogen) atoms. The van der Waals surface area contributed by atoms with E-state index >= 15 is 0 Å². The van der Waals surface area contributed by atoms with E-state index in [0.29, 0.717) is 0 Å². The van der Waals surface area contributed by atoms with Crippen LogP contribution < -0.4 is 0 Å². The minimum Gasteiger partial charge on any atom is -0.336 e. The van der Waals surface area contributed by atoms with E-state index in [4.69, 9.17) is 0 Å². The standard InChI is InChI=1S/C14H18FNO/c1-10-4-3-9-16(14(10)17)11(2)12-5-7-13(15)8-6-12/h5-8,10-11H,3-4,9H2,1-2H3. The molecule has 2 unspecified atom stereocenters.